The van der Waals surface area contributed by atoms with E-state index in [-0.39, 0.29) is 0 Å². The number of furan rings is 1. The minimum atomic E-state index is 0.963. The standard InChI is InChI=1S/C19H14OS/c1-13-19(21-16-9-3-2-4-10-16)17-11-14-7-5-6-8-15(14)12-18(17)20-13/h2-12H,1H3. The first kappa shape index (κ1) is 12.5. The van der Waals surface area contributed by atoms with Crippen LogP contribution in [0.1, 0.15) is 5.76 Å². The number of benzene rings is 3. The van der Waals surface area contributed by atoms with Gasteiger partial charge in [0.15, 0.2) is 0 Å². The second kappa shape index (κ2) is 4.97. The van der Waals surface area contributed by atoms with E-state index in [1.807, 2.05) is 13.0 Å². The zero-order valence-corrected chi connectivity index (χ0v) is 12.5. The van der Waals surface area contributed by atoms with Crippen LogP contribution >= 0.6 is 11.8 Å². The first-order chi connectivity index (χ1) is 10.3. The second-order valence-corrected chi connectivity index (χ2v) is 6.18. The van der Waals surface area contributed by atoms with Gasteiger partial charge in [0.1, 0.15) is 11.3 Å². The monoisotopic (exact) mass is 290 g/mol. The van der Waals surface area contributed by atoms with Gasteiger partial charge >= 0.3 is 0 Å². The van der Waals surface area contributed by atoms with Crippen molar-refractivity contribution in [2.24, 2.45) is 0 Å². The number of hydrogen-bond acceptors (Lipinski definition) is 2. The van der Waals surface area contributed by atoms with Crippen molar-refractivity contribution in [3.63, 3.8) is 0 Å². The minimum absolute atomic E-state index is 0.963. The van der Waals surface area contributed by atoms with Gasteiger partial charge in [-0.3, -0.25) is 0 Å². The first-order valence-corrected chi connectivity index (χ1v) is 7.78. The van der Waals surface area contributed by atoms with Crippen LogP contribution in [0.5, 0.6) is 0 Å². The molecule has 102 valence electrons. The number of fused-ring (bicyclic) bond motifs is 2. The van der Waals surface area contributed by atoms with Crippen molar-refractivity contribution in [2.45, 2.75) is 16.7 Å². The molecule has 2 heteroatoms. The third-order valence-corrected chi connectivity index (χ3v) is 4.86. The molecule has 3 aromatic carbocycles. The Labute approximate surface area is 127 Å². The van der Waals surface area contributed by atoms with E-state index in [4.69, 9.17) is 4.42 Å². The predicted molar refractivity (Wildman–Crippen MR) is 89.0 cm³/mol. The fourth-order valence-electron chi connectivity index (χ4n) is 2.62. The molecule has 0 saturated carbocycles. The molecule has 4 rings (SSSR count). The highest BCUT2D eigenvalue weighted by atomic mass is 32.2. The van der Waals surface area contributed by atoms with Crippen LogP contribution in [0.4, 0.5) is 0 Å². The molecule has 0 atom stereocenters. The Bertz CT molecular complexity index is 922. The second-order valence-electron chi connectivity index (χ2n) is 5.10. The van der Waals surface area contributed by atoms with Gasteiger partial charge in [0.05, 0.1) is 4.90 Å². The summed E-state index contributed by atoms with van der Waals surface area (Å²) in [5.41, 5.74) is 0.963. The highest BCUT2D eigenvalue weighted by Gasteiger charge is 2.13. The van der Waals surface area contributed by atoms with E-state index in [1.165, 1.54) is 25.9 Å². The predicted octanol–water partition coefficient (Wildman–Crippen LogP) is 6.05. The van der Waals surface area contributed by atoms with Crippen molar-refractivity contribution in [3.05, 3.63) is 72.5 Å². The van der Waals surface area contributed by atoms with Crippen molar-refractivity contribution < 1.29 is 4.42 Å². The molecule has 1 nitrogen and oxygen atoms in total. The Kier molecular flexibility index (Phi) is 2.97. The van der Waals surface area contributed by atoms with Crippen LogP contribution in [0.15, 0.2) is 80.9 Å². The highest BCUT2D eigenvalue weighted by molar-refractivity contribution is 7.99. The molecule has 4 aromatic rings. The summed E-state index contributed by atoms with van der Waals surface area (Å²) in [6.45, 7) is 2.04. The Hall–Kier alpha value is -2.19. The lowest BCUT2D eigenvalue weighted by Gasteiger charge is -2.01. The normalized spacial score (nSPS) is 11.3. The number of aryl methyl sites for hydroxylation is 1. The SMILES string of the molecule is Cc1oc2cc3ccccc3cc2c1Sc1ccccc1. The fourth-order valence-corrected chi connectivity index (χ4v) is 3.60. The van der Waals surface area contributed by atoms with E-state index in [1.54, 1.807) is 11.8 Å². The maximum absolute atomic E-state index is 5.96. The molecule has 0 bridgehead atoms. The van der Waals surface area contributed by atoms with E-state index in [2.05, 4.69) is 60.7 Å². The van der Waals surface area contributed by atoms with E-state index < -0.39 is 0 Å². The zero-order chi connectivity index (χ0) is 14.2. The molecular formula is C19H14OS. The maximum Gasteiger partial charge on any atom is 0.136 e. The third kappa shape index (κ3) is 2.22. The summed E-state index contributed by atoms with van der Waals surface area (Å²) in [4.78, 5) is 2.44. The largest absolute Gasteiger partial charge is 0.460 e. The van der Waals surface area contributed by atoms with Crippen LogP contribution in [-0.4, -0.2) is 0 Å². The molecule has 0 fully saturated rings. The molecular weight excluding hydrogens is 276 g/mol. The molecule has 0 amide bonds. The molecule has 0 unspecified atom stereocenters. The van der Waals surface area contributed by atoms with Gasteiger partial charge in [-0.15, -0.1) is 0 Å². The van der Waals surface area contributed by atoms with Crippen LogP contribution < -0.4 is 0 Å². The summed E-state index contributed by atoms with van der Waals surface area (Å²) in [5, 5.41) is 3.66. The lowest BCUT2D eigenvalue weighted by molar-refractivity contribution is 0.568. The quantitative estimate of drug-likeness (QED) is 0.446. The molecule has 21 heavy (non-hydrogen) atoms. The summed E-state index contributed by atoms with van der Waals surface area (Å²) >= 11 is 1.77. The van der Waals surface area contributed by atoms with Crippen LogP contribution in [0.3, 0.4) is 0 Å². The number of rotatable bonds is 2. The minimum Gasteiger partial charge on any atom is -0.460 e. The van der Waals surface area contributed by atoms with Crippen LogP contribution in [0, 0.1) is 6.92 Å². The fraction of sp³-hybridized carbons (Fsp3) is 0.0526. The average molecular weight is 290 g/mol. The molecule has 1 aromatic heterocycles. The van der Waals surface area contributed by atoms with Gasteiger partial charge in [0, 0.05) is 10.3 Å². The van der Waals surface area contributed by atoms with Crippen LogP contribution in [0.25, 0.3) is 21.7 Å². The van der Waals surface area contributed by atoms with Crippen molar-refractivity contribution in [1.29, 1.82) is 0 Å². The van der Waals surface area contributed by atoms with Crippen molar-refractivity contribution in [3.8, 4) is 0 Å². The van der Waals surface area contributed by atoms with E-state index in [0.29, 0.717) is 0 Å². The smallest absolute Gasteiger partial charge is 0.136 e. The maximum atomic E-state index is 5.96. The Balaban J connectivity index is 1.91. The zero-order valence-electron chi connectivity index (χ0n) is 11.7. The van der Waals surface area contributed by atoms with Crippen molar-refractivity contribution in [1.82, 2.24) is 0 Å². The lowest BCUT2D eigenvalue weighted by atomic mass is 10.1. The summed E-state index contributed by atoms with van der Waals surface area (Å²) in [6, 6.07) is 23.2. The third-order valence-electron chi connectivity index (χ3n) is 3.64. The van der Waals surface area contributed by atoms with Gasteiger partial charge in [0.25, 0.3) is 0 Å². The van der Waals surface area contributed by atoms with E-state index in [9.17, 15) is 0 Å². The van der Waals surface area contributed by atoms with Gasteiger partial charge in [-0.05, 0) is 42.0 Å². The summed E-state index contributed by atoms with van der Waals surface area (Å²) in [5.74, 6) is 0.981. The Morgan fingerprint density at radius 2 is 1.48 bits per heavy atom. The van der Waals surface area contributed by atoms with Gasteiger partial charge in [-0.1, -0.05) is 54.2 Å². The summed E-state index contributed by atoms with van der Waals surface area (Å²) < 4.78 is 5.96. The van der Waals surface area contributed by atoms with E-state index in [0.717, 1.165) is 11.3 Å². The molecule has 0 aliphatic rings. The van der Waals surface area contributed by atoms with Gasteiger partial charge < -0.3 is 4.42 Å². The van der Waals surface area contributed by atoms with Crippen molar-refractivity contribution in [2.75, 3.05) is 0 Å². The van der Waals surface area contributed by atoms with Crippen molar-refractivity contribution >= 4 is 33.5 Å². The van der Waals surface area contributed by atoms with Crippen LogP contribution in [0.2, 0.25) is 0 Å². The molecule has 0 radical (unpaired) electrons. The molecule has 0 aliphatic carbocycles. The first-order valence-electron chi connectivity index (χ1n) is 6.96. The Morgan fingerprint density at radius 3 is 2.24 bits per heavy atom. The average Bonchev–Trinajstić information content (AvgIpc) is 2.81. The van der Waals surface area contributed by atoms with Gasteiger partial charge in [-0.25, -0.2) is 0 Å². The summed E-state index contributed by atoms with van der Waals surface area (Å²) in [6.07, 6.45) is 0. The van der Waals surface area contributed by atoms with Gasteiger partial charge in [0.2, 0.25) is 0 Å². The molecule has 1 heterocycles. The van der Waals surface area contributed by atoms with Crippen LogP contribution in [-0.2, 0) is 0 Å². The molecule has 0 aliphatic heterocycles. The molecule has 0 spiro atoms. The van der Waals surface area contributed by atoms with E-state index >= 15 is 0 Å². The lowest BCUT2D eigenvalue weighted by Crippen LogP contribution is -1.76. The Morgan fingerprint density at radius 1 is 0.810 bits per heavy atom. The summed E-state index contributed by atoms with van der Waals surface area (Å²) in [7, 11) is 0. The molecule has 0 N–H and O–H groups in total. The van der Waals surface area contributed by atoms with Gasteiger partial charge in [-0.2, -0.15) is 0 Å². The number of hydrogen-bond donors (Lipinski definition) is 0. The highest BCUT2D eigenvalue weighted by Crippen LogP contribution is 2.39. The molecule has 0 saturated heterocycles. The topological polar surface area (TPSA) is 13.1 Å².